The molecule has 27 heavy (non-hydrogen) atoms. The second-order valence-electron chi connectivity index (χ2n) is 5.69. The molecule has 0 fully saturated rings. The van der Waals surface area contributed by atoms with E-state index in [9.17, 15) is 5.26 Å². The van der Waals surface area contributed by atoms with Crippen LogP contribution in [-0.4, -0.2) is 18.0 Å². The van der Waals surface area contributed by atoms with Gasteiger partial charge in [0.2, 0.25) is 11.8 Å². The quantitative estimate of drug-likeness (QED) is 0.692. The Hall–Kier alpha value is -3.31. The second-order valence-corrected chi connectivity index (χ2v) is 6.54. The highest BCUT2D eigenvalue weighted by Gasteiger charge is 2.36. The third-order valence-electron chi connectivity index (χ3n) is 4.16. The van der Waals surface area contributed by atoms with Gasteiger partial charge < -0.3 is 20.9 Å². The van der Waals surface area contributed by atoms with Crippen molar-refractivity contribution < 1.29 is 9.47 Å². The Morgan fingerprint density at radius 3 is 2.74 bits per heavy atom. The number of hydrogen-bond acceptors (Lipinski definition) is 7. The lowest BCUT2D eigenvalue weighted by atomic mass is 9.82. The summed E-state index contributed by atoms with van der Waals surface area (Å²) in [7, 11) is 1.56. The number of benzene rings is 1. The molecule has 0 aliphatic carbocycles. The largest absolute Gasteiger partial charge is 0.496 e. The molecule has 2 aromatic rings. The summed E-state index contributed by atoms with van der Waals surface area (Å²) in [4.78, 5) is 4.24. The standard InChI is InChI=1S/C19H16BrN5O2/c1-26-14-6-5-10(8-12(14)20)15-11(9-21)18(23)27-19(24)16(15)17(22)13-4-2-3-7-25-13/h2-8,15,24H,22-23H2,1H3/b17-16-,24-19?. The Bertz CT molecular complexity index is 1010. The molecule has 1 aromatic carbocycles. The van der Waals surface area contributed by atoms with Crippen molar-refractivity contribution in [3.8, 4) is 11.8 Å². The van der Waals surface area contributed by atoms with Gasteiger partial charge in [0, 0.05) is 6.20 Å². The van der Waals surface area contributed by atoms with E-state index in [0.29, 0.717) is 27.1 Å². The number of aromatic nitrogens is 1. The van der Waals surface area contributed by atoms with Crippen LogP contribution in [0.3, 0.4) is 0 Å². The molecule has 0 spiro atoms. The van der Waals surface area contributed by atoms with Crippen LogP contribution in [0.15, 0.2) is 64.1 Å². The molecular formula is C19H16BrN5O2. The lowest BCUT2D eigenvalue weighted by Crippen LogP contribution is -2.28. The molecule has 1 unspecified atom stereocenters. The molecule has 136 valence electrons. The predicted octanol–water partition coefficient (Wildman–Crippen LogP) is 3.01. The van der Waals surface area contributed by atoms with E-state index in [-0.39, 0.29) is 23.1 Å². The van der Waals surface area contributed by atoms with Crippen LogP contribution in [0.4, 0.5) is 0 Å². The Balaban J connectivity index is 2.27. The number of nitriles is 1. The minimum atomic E-state index is -0.666. The fourth-order valence-electron chi connectivity index (χ4n) is 2.89. The van der Waals surface area contributed by atoms with Crippen LogP contribution in [-0.2, 0) is 4.74 Å². The number of nitrogens with two attached hydrogens (primary N) is 2. The first kappa shape index (κ1) is 18.5. The molecule has 3 rings (SSSR count). The van der Waals surface area contributed by atoms with Gasteiger partial charge >= 0.3 is 0 Å². The van der Waals surface area contributed by atoms with Crippen LogP contribution < -0.4 is 16.2 Å². The highest BCUT2D eigenvalue weighted by molar-refractivity contribution is 9.10. The van der Waals surface area contributed by atoms with Crippen molar-refractivity contribution in [3.63, 3.8) is 0 Å². The minimum absolute atomic E-state index is 0.114. The number of methoxy groups -OCH3 is 1. The number of nitrogens with one attached hydrogen (secondary N) is 1. The normalized spacial score (nSPS) is 18.6. The summed E-state index contributed by atoms with van der Waals surface area (Å²) in [6.45, 7) is 0. The van der Waals surface area contributed by atoms with Crippen molar-refractivity contribution >= 4 is 27.5 Å². The number of ether oxygens (including phenoxy) is 2. The smallest absolute Gasteiger partial charge is 0.220 e. The zero-order valence-corrected chi connectivity index (χ0v) is 15.9. The van der Waals surface area contributed by atoms with Gasteiger partial charge in [0.25, 0.3) is 0 Å². The van der Waals surface area contributed by atoms with E-state index < -0.39 is 5.92 Å². The Morgan fingerprint density at radius 1 is 1.37 bits per heavy atom. The summed E-state index contributed by atoms with van der Waals surface area (Å²) in [5.74, 6) is -0.358. The SMILES string of the molecule is COc1ccc(C2C(C#N)=C(N)OC(=N)/C2=C(\N)c2ccccn2)cc1Br. The van der Waals surface area contributed by atoms with Gasteiger partial charge in [0.1, 0.15) is 17.4 Å². The van der Waals surface area contributed by atoms with E-state index in [0.717, 1.165) is 0 Å². The molecule has 7 nitrogen and oxygen atoms in total. The van der Waals surface area contributed by atoms with Gasteiger partial charge in [0.15, 0.2) is 0 Å². The number of allylic oxidation sites excluding steroid dienone is 1. The van der Waals surface area contributed by atoms with E-state index >= 15 is 0 Å². The highest BCUT2D eigenvalue weighted by Crippen LogP contribution is 2.41. The number of halogens is 1. The monoisotopic (exact) mass is 425 g/mol. The van der Waals surface area contributed by atoms with E-state index in [4.69, 9.17) is 26.4 Å². The van der Waals surface area contributed by atoms with Gasteiger partial charge in [-0.3, -0.25) is 10.4 Å². The maximum Gasteiger partial charge on any atom is 0.220 e. The van der Waals surface area contributed by atoms with Crippen LogP contribution in [0, 0.1) is 16.7 Å². The van der Waals surface area contributed by atoms with Crippen molar-refractivity contribution in [3.05, 3.63) is 75.4 Å². The average Bonchev–Trinajstić information content (AvgIpc) is 2.67. The molecule has 0 amide bonds. The van der Waals surface area contributed by atoms with Crippen LogP contribution in [0.5, 0.6) is 5.75 Å². The summed E-state index contributed by atoms with van der Waals surface area (Å²) >= 11 is 3.45. The van der Waals surface area contributed by atoms with E-state index in [1.807, 2.05) is 0 Å². The predicted molar refractivity (Wildman–Crippen MR) is 104 cm³/mol. The fourth-order valence-corrected chi connectivity index (χ4v) is 3.45. The van der Waals surface area contributed by atoms with Crippen molar-refractivity contribution in [1.82, 2.24) is 4.98 Å². The maximum absolute atomic E-state index is 9.67. The summed E-state index contributed by atoms with van der Waals surface area (Å²) in [5.41, 5.74) is 14.2. The number of hydrogen-bond donors (Lipinski definition) is 3. The highest BCUT2D eigenvalue weighted by atomic mass is 79.9. The number of pyridine rings is 1. The third kappa shape index (κ3) is 3.37. The van der Waals surface area contributed by atoms with Crippen molar-refractivity contribution in [1.29, 1.82) is 10.7 Å². The van der Waals surface area contributed by atoms with Gasteiger partial charge in [-0.05, 0) is 45.8 Å². The second kappa shape index (κ2) is 7.51. The first-order valence-electron chi connectivity index (χ1n) is 7.89. The summed E-state index contributed by atoms with van der Waals surface area (Å²) < 4.78 is 11.3. The maximum atomic E-state index is 9.67. The third-order valence-corrected chi connectivity index (χ3v) is 4.78. The lowest BCUT2D eigenvalue weighted by Gasteiger charge is -2.28. The van der Waals surface area contributed by atoms with Crippen LogP contribution in [0.2, 0.25) is 0 Å². The van der Waals surface area contributed by atoms with Gasteiger partial charge in [-0.25, -0.2) is 0 Å². The van der Waals surface area contributed by atoms with Crippen LogP contribution >= 0.6 is 15.9 Å². The molecule has 8 heteroatoms. The van der Waals surface area contributed by atoms with E-state index in [1.54, 1.807) is 49.7 Å². The minimum Gasteiger partial charge on any atom is -0.496 e. The lowest BCUT2D eigenvalue weighted by molar-refractivity contribution is 0.384. The Kier molecular flexibility index (Phi) is 5.14. The van der Waals surface area contributed by atoms with Crippen molar-refractivity contribution in [2.24, 2.45) is 11.5 Å². The topological polar surface area (TPSA) is 131 Å². The zero-order valence-electron chi connectivity index (χ0n) is 14.4. The van der Waals surface area contributed by atoms with Gasteiger partial charge in [-0.1, -0.05) is 12.1 Å². The van der Waals surface area contributed by atoms with Gasteiger partial charge in [-0.2, -0.15) is 5.26 Å². The van der Waals surface area contributed by atoms with E-state index in [2.05, 4.69) is 27.0 Å². The first-order chi connectivity index (χ1) is 13.0. The molecule has 5 N–H and O–H groups in total. The zero-order chi connectivity index (χ0) is 19.6. The van der Waals surface area contributed by atoms with Crippen molar-refractivity contribution in [2.75, 3.05) is 7.11 Å². The molecule has 0 radical (unpaired) electrons. The summed E-state index contributed by atoms with van der Waals surface area (Å²) in [5, 5.41) is 18.0. The molecule has 0 saturated heterocycles. The first-order valence-corrected chi connectivity index (χ1v) is 8.68. The summed E-state index contributed by atoms with van der Waals surface area (Å²) in [6.07, 6.45) is 1.60. The fraction of sp³-hybridized carbons (Fsp3) is 0.105. The van der Waals surface area contributed by atoms with Crippen LogP contribution in [0.25, 0.3) is 5.70 Å². The molecule has 0 saturated carbocycles. The van der Waals surface area contributed by atoms with Crippen LogP contribution in [0.1, 0.15) is 17.2 Å². The number of nitrogens with zero attached hydrogens (tertiary/aromatic N) is 2. The van der Waals surface area contributed by atoms with Crippen molar-refractivity contribution in [2.45, 2.75) is 5.92 Å². The van der Waals surface area contributed by atoms with Gasteiger partial charge in [-0.15, -0.1) is 0 Å². The average molecular weight is 426 g/mol. The molecular weight excluding hydrogens is 410 g/mol. The molecule has 1 aliphatic rings. The summed E-state index contributed by atoms with van der Waals surface area (Å²) in [6, 6.07) is 12.7. The van der Waals surface area contributed by atoms with E-state index in [1.165, 1.54) is 0 Å². The Labute approximate surface area is 164 Å². The number of rotatable bonds is 3. The molecule has 1 aromatic heterocycles. The molecule has 2 heterocycles. The Morgan fingerprint density at radius 2 is 2.15 bits per heavy atom. The molecule has 1 atom stereocenters. The van der Waals surface area contributed by atoms with Gasteiger partial charge in [0.05, 0.1) is 34.5 Å². The molecule has 1 aliphatic heterocycles. The molecule has 0 bridgehead atoms.